The molecule has 1 aromatic heterocycles. The zero-order valence-corrected chi connectivity index (χ0v) is 22.8. The molecule has 0 saturated carbocycles. The monoisotopic (exact) mass is 586 g/mol. The highest BCUT2D eigenvalue weighted by Crippen LogP contribution is 2.41. The molecule has 18 heteroatoms. The van der Waals surface area contributed by atoms with Gasteiger partial charge in [-0.2, -0.15) is 0 Å². The van der Waals surface area contributed by atoms with E-state index in [2.05, 4.69) is 15.5 Å². The highest BCUT2D eigenvalue weighted by atomic mass is 32.2. The number of thiazole rings is 1. The summed E-state index contributed by atoms with van der Waals surface area (Å²) in [5, 5.41) is 16.5. The number of fused-ring (bicyclic) bond motifs is 1. The molecule has 3 rings (SSSR count). The number of thioether (sulfide) groups is 1. The molecule has 1 saturated heterocycles. The summed E-state index contributed by atoms with van der Waals surface area (Å²) in [4.78, 5) is 71.9. The summed E-state index contributed by atoms with van der Waals surface area (Å²) in [6.07, 6.45) is -2.49. The van der Waals surface area contributed by atoms with Gasteiger partial charge >= 0.3 is 12.1 Å². The minimum absolute atomic E-state index is 0.0188. The molecular formula is C21H26N6O10S2. The average Bonchev–Trinajstić information content (AvgIpc) is 3.30. The molecule has 4 N–H and O–H groups in total. The van der Waals surface area contributed by atoms with Crippen LogP contribution in [0.25, 0.3) is 0 Å². The first-order valence-corrected chi connectivity index (χ1v) is 13.2. The predicted octanol–water partition coefficient (Wildman–Crippen LogP) is 0.0282. The number of hydrogen-bond acceptors (Lipinski definition) is 15. The van der Waals surface area contributed by atoms with Crippen LogP contribution in [0, 0.1) is 0 Å². The number of rotatable bonds is 11. The van der Waals surface area contributed by atoms with Crippen molar-refractivity contribution in [2.45, 2.75) is 44.6 Å². The highest BCUT2D eigenvalue weighted by molar-refractivity contribution is 8.00. The molecule has 0 aliphatic carbocycles. The summed E-state index contributed by atoms with van der Waals surface area (Å²) >= 11 is 2.23. The summed E-state index contributed by atoms with van der Waals surface area (Å²) in [6, 6.07) is -1.09. The van der Waals surface area contributed by atoms with Gasteiger partial charge in [0.1, 0.15) is 22.8 Å². The van der Waals surface area contributed by atoms with Crippen LogP contribution in [0.2, 0.25) is 0 Å². The van der Waals surface area contributed by atoms with E-state index >= 15 is 0 Å². The molecule has 16 nitrogen and oxygen atoms in total. The zero-order valence-electron chi connectivity index (χ0n) is 21.2. The second kappa shape index (κ2) is 12.8. The number of hydroxylamine groups is 2. The lowest BCUT2D eigenvalue weighted by Crippen LogP contribution is -2.71. The Morgan fingerprint density at radius 1 is 1.33 bits per heavy atom. The van der Waals surface area contributed by atoms with Gasteiger partial charge in [0.05, 0.1) is 12.7 Å². The van der Waals surface area contributed by atoms with Crippen LogP contribution in [0.1, 0.15) is 26.5 Å². The van der Waals surface area contributed by atoms with E-state index in [9.17, 15) is 29.2 Å². The molecule has 1 aromatic rings. The number of anilines is 1. The van der Waals surface area contributed by atoms with Crippen molar-refractivity contribution in [2.75, 3.05) is 25.1 Å². The minimum atomic E-state index is -1.37. The number of β-lactam (4-membered cyclic amide) rings is 1. The van der Waals surface area contributed by atoms with Crippen LogP contribution in [0.4, 0.5) is 9.93 Å². The summed E-state index contributed by atoms with van der Waals surface area (Å²) in [7, 11) is 1.34. The zero-order chi connectivity index (χ0) is 28.9. The maximum atomic E-state index is 13.1. The third-order valence-electron chi connectivity index (χ3n) is 5.06. The van der Waals surface area contributed by atoms with Crippen LogP contribution < -0.4 is 11.1 Å². The Labute approximate surface area is 230 Å². The van der Waals surface area contributed by atoms with E-state index in [1.54, 1.807) is 13.8 Å². The second-order valence-corrected chi connectivity index (χ2v) is 10.3. The number of nitrogens with two attached hydrogens (primary N) is 1. The third kappa shape index (κ3) is 6.95. The Morgan fingerprint density at radius 3 is 2.64 bits per heavy atom. The summed E-state index contributed by atoms with van der Waals surface area (Å²) in [6.45, 7) is 4.26. The highest BCUT2D eigenvalue weighted by Gasteiger charge is 2.55. The number of esters is 1. The van der Waals surface area contributed by atoms with Crippen molar-refractivity contribution in [3.63, 3.8) is 0 Å². The molecule has 3 heterocycles. The fourth-order valence-electron chi connectivity index (χ4n) is 3.40. The van der Waals surface area contributed by atoms with Crippen molar-refractivity contribution in [3.8, 4) is 0 Å². The Kier molecular flexibility index (Phi) is 9.71. The average molecular weight is 587 g/mol. The van der Waals surface area contributed by atoms with Gasteiger partial charge in [-0.3, -0.25) is 24.1 Å². The molecule has 2 aliphatic rings. The van der Waals surface area contributed by atoms with Crippen molar-refractivity contribution >= 4 is 64.3 Å². The first kappa shape index (κ1) is 29.7. The molecule has 3 atom stereocenters. The number of hydrogen-bond donors (Lipinski definition) is 3. The molecule has 3 amide bonds. The van der Waals surface area contributed by atoms with E-state index in [-0.39, 0.29) is 28.9 Å². The predicted molar refractivity (Wildman–Crippen MR) is 135 cm³/mol. The maximum Gasteiger partial charge on any atom is 0.511 e. The van der Waals surface area contributed by atoms with Gasteiger partial charge in [0.15, 0.2) is 10.8 Å². The van der Waals surface area contributed by atoms with E-state index in [1.807, 2.05) is 0 Å². The van der Waals surface area contributed by atoms with E-state index < -0.39 is 53.5 Å². The molecule has 0 bridgehead atoms. The van der Waals surface area contributed by atoms with Crippen molar-refractivity contribution in [3.05, 3.63) is 22.3 Å². The smallest absolute Gasteiger partial charge is 0.431 e. The topological polar surface area (TPSA) is 212 Å². The van der Waals surface area contributed by atoms with Crippen molar-refractivity contribution in [2.24, 2.45) is 5.16 Å². The lowest BCUT2D eigenvalue weighted by atomic mass is 10.0. The fraction of sp³-hybridized carbons (Fsp3) is 0.476. The van der Waals surface area contributed by atoms with Gasteiger partial charge in [-0.05, 0) is 19.4 Å². The van der Waals surface area contributed by atoms with Gasteiger partial charge in [0, 0.05) is 25.1 Å². The fourth-order valence-corrected chi connectivity index (χ4v) is 5.27. The van der Waals surface area contributed by atoms with E-state index in [0.29, 0.717) is 12.0 Å². The van der Waals surface area contributed by atoms with Gasteiger partial charge in [0.2, 0.25) is 12.7 Å². The van der Waals surface area contributed by atoms with Crippen LogP contribution in [0.5, 0.6) is 0 Å². The Hall–Kier alpha value is -3.90. The van der Waals surface area contributed by atoms with Gasteiger partial charge < -0.3 is 30.5 Å². The number of nitrogens with zero attached hydrogens (tertiary/aromatic N) is 4. The first-order chi connectivity index (χ1) is 18.5. The molecule has 0 spiro atoms. The number of ether oxygens (including phenoxy) is 3. The normalized spacial score (nSPS) is 19.6. The molecule has 2 aliphatic heterocycles. The SMILES string of the molecule is CC(C)OC(=O)OC(C)OC(=O)C1=C(CON(C)C=O)CSC2C(NC(=O)/C(=N\O)c3csc(N)n3)C(=O)N12. The van der Waals surface area contributed by atoms with E-state index in [1.165, 1.54) is 31.1 Å². The summed E-state index contributed by atoms with van der Waals surface area (Å²) in [5.74, 6) is -2.41. The first-order valence-electron chi connectivity index (χ1n) is 11.3. The molecule has 0 aromatic carbocycles. The standard InChI is InChI=1S/C21H26N6O10S2/c1-9(2)35-21(32)37-10(3)36-19(31)15-11(5-34-26(4)8-28)6-38-18-14(17(30)27(15)18)24-16(29)13(25-33)12-7-39-20(22)23-12/h7-10,14,18,33H,5-6H2,1-4H3,(H2,22,23)(H,24,29)/b25-13-. The van der Waals surface area contributed by atoms with Crippen molar-refractivity contribution in [1.82, 2.24) is 20.3 Å². The second-order valence-electron chi connectivity index (χ2n) is 8.27. The van der Waals surface area contributed by atoms with Crippen molar-refractivity contribution in [1.29, 1.82) is 0 Å². The third-order valence-corrected chi connectivity index (χ3v) is 7.08. The number of carbonyl (C=O) groups excluding carboxylic acids is 5. The van der Waals surface area contributed by atoms with Gasteiger partial charge in [-0.15, -0.1) is 23.1 Å². The van der Waals surface area contributed by atoms with Crippen LogP contribution in [0.15, 0.2) is 21.8 Å². The van der Waals surface area contributed by atoms with Gasteiger partial charge in [-0.1, -0.05) is 5.16 Å². The van der Waals surface area contributed by atoms with E-state index in [4.69, 9.17) is 24.8 Å². The lowest BCUT2D eigenvalue weighted by molar-refractivity contribution is -0.170. The molecule has 0 radical (unpaired) electrons. The van der Waals surface area contributed by atoms with Gasteiger partial charge in [0.25, 0.3) is 11.8 Å². The Balaban J connectivity index is 1.77. The van der Waals surface area contributed by atoms with Gasteiger partial charge in [-0.25, -0.2) is 19.6 Å². The van der Waals surface area contributed by atoms with E-state index in [0.717, 1.165) is 21.3 Å². The molecular weight excluding hydrogens is 560 g/mol. The van der Waals surface area contributed by atoms with Crippen LogP contribution in [-0.2, 0) is 38.2 Å². The molecule has 39 heavy (non-hydrogen) atoms. The number of aromatic nitrogens is 1. The molecule has 212 valence electrons. The van der Waals surface area contributed by atoms with Crippen molar-refractivity contribution < 1.29 is 48.2 Å². The number of amides is 3. The van der Waals surface area contributed by atoms with Crippen LogP contribution in [-0.4, -0.2) is 99.4 Å². The quantitative estimate of drug-likeness (QED) is 0.0594. The number of nitrogen functional groups attached to an aromatic ring is 1. The lowest BCUT2D eigenvalue weighted by Gasteiger charge is -2.49. The Morgan fingerprint density at radius 2 is 2.05 bits per heavy atom. The number of oxime groups is 1. The maximum absolute atomic E-state index is 13.1. The number of carbonyl (C=O) groups is 5. The summed E-state index contributed by atoms with van der Waals surface area (Å²) < 4.78 is 15.0. The number of nitrogens with one attached hydrogen (secondary N) is 1. The van der Waals surface area contributed by atoms with Crippen LogP contribution >= 0.6 is 23.1 Å². The molecule has 3 unspecified atom stereocenters. The molecule has 1 fully saturated rings. The Bertz CT molecular complexity index is 1200. The van der Waals surface area contributed by atoms with Crippen LogP contribution in [0.3, 0.4) is 0 Å². The minimum Gasteiger partial charge on any atom is -0.431 e. The largest absolute Gasteiger partial charge is 0.511 e. The summed E-state index contributed by atoms with van der Waals surface area (Å²) in [5.41, 5.74) is 5.26.